The zero-order valence-electron chi connectivity index (χ0n) is 22.9. The third-order valence-corrected chi connectivity index (χ3v) is 9.37. The first-order valence-corrected chi connectivity index (χ1v) is 15.2. The Morgan fingerprint density at radius 3 is 2.27 bits per heavy atom. The van der Waals surface area contributed by atoms with Crippen molar-refractivity contribution in [2.24, 2.45) is 0 Å². The van der Waals surface area contributed by atoms with Crippen LogP contribution >= 0.6 is 11.6 Å². The van der Waals surface area contributed by atoms with E-state index in [-0.39, 0.29) is 29.1 Å². The second-order valence-corrected chi connectivity index (χ2v) is 12.2. The number of rotatable bonds is 11. The van der Waals surface area contributed by atoms with E-state index in [1.54, 1.807) is 31.2 Å². The molecule has 1 atom stereocenters. The summed E-state index contributed by atoms with van der Waals surface area (Å²) in [6.45, 7) is 0.961. The Morgan fingerprint density at radius 2 is 1.66 bits per heavy atom. The molecular formula is C30H33ClFN3O5S. The highest BCUT2D eigenvalue weighted by Crippen LogP contribution is 2.27. The van der Waals surface area contributed by atoms with Gasteiger partial charge < -0.3 is 15.0 Å². The summed E-state index contributed by atoms with van der Waals surface area (Å²) in [5, 5.41) is 3.43. The van der Waals surface area contributed by atoms with Crippen molar-refractivity contribution < 1.29 is 27.1 Å². The number of hydrogen-bond acceptors (Lipinski definition) is 5. The number of methoxy groups -OCH3 is 1. The van der Waals surface area contributed by atoms with Crippen molar-refractivity contribution in [1.29, 1.82) is 0 Å². The molecule has 1 fully saturated rings. The average Bonchev–Trinajstić information content (AvgIpc) is 3.48. The maximum absolute atomic E-state index is 14.0. The number of benzene rings is 3. The number of halogens is 2. The van der Waals surface area contributed by atoms with E-state index in [0.29, 0.717) is 16.3 Å². The van der Waals surface area contributed by atoms with Gasteiger partial charge in [-0.25, -0.2) is 12.8 Å². The monoisotopic (exact) mass is 601 g/mol. The largest absolute Gasteiger partial charge is 0.497 e. The Kier molecular flexibility index (Phi) is 9.88. The number of nitrogens with one attached hydrogen (secondary N) is 1. The molecule has 11 heteroatoms. The highest BCUT2D eigenvalue weighted by molar-refractivity contribution is 7.92. The van der Waals surface area contributed by atoms with Gasteiger partial charge in [-0.1, -0.05) is 42.6 Å². The topological polar surface area (TPSA) is 96.0 Å². The van der Waals surface area contributed by atoms with Crippen molar-refractivity contribution in [3.8, 4) is 5.75 Å². The number of carbonyl (C=O) groups excluding carboxylic acids is 2. The molecule has 218 valence electrons. The summed E-state index contributed by atoms with van der Waals surface area (Å²) < 4.78 is 47.5. The normalized spacial score (nSPS) is 14.3. The minimum absolute atomic E-state index is 0.0163. The summed E-state index contributed by atoms with van der Waals surface area (Å²) in [6, 6.07) is 16.6. The molecule has 3 aromatic carbocycles. The zero-order chi connectivity index (χ0) is 29.6. The van der Waals surface area contributed by atoms with Crippen molar-refractivity contribution in [3.63, 3.8) is 0 Å². The van der Waals surface area contributed by atoms with Crippen LogP contribution in [0, 0.1) is 5.82 Å². The summed E-state index contributed by atoms with van der Waals surface area (Å²) in [6.07, 6.45) is 3.79. The standard InChI is InChI=1S/C30H33ClFN3O5S/c1-21(30(37)33-24-8-4-5-9-24)34(19-22-7-3-6-10-28(22)31)29(36)20-35(25-13-11-23(32)12-14-25)41(38,39)27-17-15-26(40-2)16-18-27/h3,6-7,10-18,21,24H,4-5,8-9,19-20H2,1-2H3,(H,33,37). The van der Waals surface area contributed by atoms with Crippen LogP contribution in [0.25, 0.3) is 0 Å². The van der Waals surface area contributed by atoms with E-state index < -0.39 is 34.3 Å². The van der Waals surface area contributed by atoms with E-state index >= 15 is 0 Å². The fraction of sp³-hybridized carbons (Fsp3) is 0.333. The lowest BCUT2D eigenvalue weighted by atomic mass is 10.1. The number of ether oxygens (including phenoxy) is 1. The van der Waals surface area contributed by atoms with Gasteiger partial charge in [0, 0.05) is 17.6 Å². The second kappa shape index (κ2) is 13.4. The third kappa shape index (κ3) is 7.37. The van der Waals surface area contributed by atoms with Crippen molar-refractivity contribution in [3.05, 3.63) is 89.2 Å². The van der Waals surface area contributed by atoms with Crippen LogP contribution in [-0.2, 0) is 26.2 Å². The predicted octanol–water partition coefficient (Wildman–Crippen LogP) is 5.16. The second-order valence-electron chi connectivity index (χ2n) is 9.94. The van der Waals surface area contributed by atoms with Gasteiger partial charge in [0.15, 0.2) is 0 Å². The molecule has 0 heterocycles. The number of hydrogen-bond donors (Lipinski definition) is 1. The highest BCUT2D eigenvalue weighted by atomic mass is 35.5. The summed E-state index contributed by atoms with van der Waals surface area (Å²) >= 11 is 6.40. The minimum Gasteiger partial charge on any atom is -0.497 e. The van der Waals surface area contributed by atoms with E-state index in [1.807, 2.05) is 0 Å². The van der Waals surface area contributed by atoms with Crippen LogP contribution in [0.3, 0.4) is 0 Å². The van der Waals surface area contributed by atoms with E-state index in [1.165, 1.54) is 48.4 Å². The molecular weight excluding hydrogens is 569 g/mol. The van der Waals surface area contributed by atoms with E-state index in [9.17, 15) is 22.4 Å². The molecule has 1 unspecified atom stereocenters. The van der Waals surface area contributed by atoms with Gasteiger partial charge >= 0.3 is 0 Å². The number of sulfonamides is 1. The molecule has 4 rings (SSSR count). The fourth-order valence-electron chi connectivity index (χ4n) is 4.80. The molecule has 0 saturated heterocycles. The van der Waals surface area contributed by atoms with Gasteiger partial charge in [-0.3, -0.25) is 13.9 Å². The summed E-state index contributed by atoms with van der Waals surface area (Å²) in [5.41, 5.74) is 0.700. The van der Waals surface area contributed by atoms with Crippen LogP contribution in [0.4, 0.5) is 10.1 Å². The summed E-state index contributed by atoms with van der Waals surface area (Å²) in [4.78, 5) is 28.5. The smallest absolute Gasteiger partial charge is 0.264 e. The Hall–Kier alpha value is -3.63. The first kappa shape index (κ1) is 30.3. The van der Waals surface area contributed by atoms with Crippen LogP contribution in [0.2, 0.25) is 5.02 Å². The SMILES string of the molecule is COc1ccc(S(=O)(=O)N(CC(=O)N(Cc2ccccc2Cl)C(C)C(=O)NC2CCCC2)c2ccc(F)cc2)cc1. The molecule has 1 aliphatic carbocycles. The molecule has 1 N–H and O–H groups in total. The van der Waals surface area contributed by atoms with Gasteiger partial charge in [0.25, 0.3) is 10.0 Å². The molecule has 0 aliphatic heterocycles. The Balaban J connectivity index is 1.69. The Morgan fingerprint density at radius 1 is 1.02 bits per heavy atom. The van der Waals surface area contributed by atoms with Gasteiger partial charge in [-0.05, 0) is 79.9 Å². The molecule has 0 aromatic heterocycles. The number of carbonyl (C=O) groups is 2. The highest BCUT2D eigenvalue weighted by Gasteiger charge is 2.33. The predicted molar refractivity (Wildman–Crippen MR) is 156 cm³/mol. The van der Waals surface area contributed by atoms with Crippen molar-refractivity contribution in [2.45, 2.75) is 56.1 Å². The van der Waals surface area contributed by atoms with Crippen LogP contribution < -0.4 is 14.4 Å². The molecule has 1 saturated carbocycles. The van der Waals surface area contributed by atoms with Gasteiger partial charge in [-0.2, -0.15) is 0 Å². The first-order valence-electron chi connectivity index (χ1n) is 13.4. The lowest BCUT2D eigenvalue weighted by Gasteiger charge is -2.32. The fourth-order valence-corrected chi connectivity index (χ4v) is 6.41. The average molecular weight is 602 g/mol. The number of nitrogens with zero attached hydrogens (tertiary/aromatic N) is 2. The molecule has 2 amide bonds. The maximum Gasteiger partial charge on any atom is 0.264 e. The number of anilines is 1. The van der Waals surface area contributed by atoms with E-state index in [2.05, 4.69) is 5.32 Å². The van der Waals surface area contributed by atoms with Crippen LogP contribution in [-0.4, -0.2) is 50.9 Å². The van der Waals surface area contributed by atoms with Gasteiger partial charge in [-0.15, -0.1) is 0 Å². The molecule has 0 radical (unpaired) electrons. The molecule has 3 aromatic rings. The van der Waals surface area contributed by atoms with Crippen LogP contribution in [0.1, 0.15) is 38.2 Å². The van der Waals surface area contributed by atoms with Crippen molar-refractivity contribution in [2.75, 3.05) is 18.0 Å². The van der Waals surface area contributed by atoms with Crippen molar-refractivity contribution >= 4 is 39.1 Å². The molecule has 0 bridgehead atoms. The zero-order valence-corrected chi connectivity index (χ0v) is 24.5. The number of amides is 2. The van der Waals surface area contributed by atoms with Crippen LogP contribution in [0.15, 0.2) is 77.7 Å². The lowest BCUT2D eigenvalue weighted by Crippen LogP contribution is -2.52. The molecule has 1 aliphatic rings. The molecule has 0 spiro atoms. The Labute approximate surface area is 245 Å². The van der Waals surface area contributed by atoms with E-state index in [4.69, 9.17) is 16.3 Å². The van der Waals surface area contributed by atoms with Gasteiger partial charge in [0.2, 0.25) is 11.8 Å². The molecule has 41 heavy (non-hydrogen) atoms. The Bertz CT molecular complexity index is 1460. The quantitative estimate of drug-likeness (QED) is 0.328. The maximum atomic E-state index is 14.0. The summed E-state index contributed by atoms with van der Waals surface area (Å²) in [7, 11) is -2.82. The van der Waals surface area contributed by atoms with Crippen molar-refractivity contribution in [1.82, 2.24) is 10.2 Å². The first-order chi connectivity index (χ1) is 19.6. The third-order valence-electron chi connectivity index (χ3n) is 7.21. The van der Waals surface area contributed by atoms with E-state index in [0.717, 1.165) is 42.1 Å². The molecule has 8 nitrogen and oxygen atoms in total. The van der Waals surface area contributed by atoms with Crippen LogP contribution in [0.5, 0.6) is 5.75 Å². The van der Waals surface area contributed by atoms with Gasteiger partial charge in [0.1, 0.15) is 24.2 Å². The summed E-state index contributed by atoms with van der Waals surface area (Å²) in [5.74, 6) is -1.05. The minimum atomic E-state index is -4.28. The van der Waals surface area contributed by atoms with Gasteiger partial charge in [0.05, 0.1) is 17.7 Å². The lowest BCUT2D eigenvalue weighted by molar-refractivity contribution is -0.139.